The second kappa shape index (κ2) is 9.07. The van der Waals surface area contributed by atoms with E-state index in [1.165, 1.54) is 32.3 Å². The smallest absolute Gasteiger partial charge is 0.256 e. The number of halogens is 3. The maximum atomic E-state index is 12.9. The minimum atomic E-state index is -4.34. The quantitative estimate of drug-likeness (QED) is 0.221. The summed E-state index contributed by atoms with van der Waals surface area (Å²) in [6.07, 6.45) is -2.43. The minimum Gasteiger partial charge on any atom is -0.256 e. The molecule has 0 fully saturated rings. The molecule has 2 heterocycles. The topological polar surface area (TPSA) is 12.9 Å². The van der Waals surface area contributed by atoms with E-state index >= 15 is 0 Å². The fourth-order valence-corrected chi connectivity index (χ4v) is 6.16. The summed E-state index contributed by atoms with van der Waals surface area (Å²) in [6.45, 7) is 0. The highest BCUT2D eigenvalue weighted by molar-refractivity contribution is 7.25. The maximum absolute atomic E-state index is 12.9. The summed E-state index contributed by atoms with van der Waals surface area (Å²) in [7, 11) is 0. The highest BCUT2D eigenvalue weighted by Gasteiger charge is 2.29. The van der Waals surface area contributed by atoms with E-state index in [9.17, 15) is 13.2 Å². The Morgan fingerprint density at radius 3 is 1.82 bits per heavy atom. The molecule has 0 saturated heterocycles. The van der Waals surface area contributed by atoms with Gasteiger partial charge in [0.15, 0.2) is 0 Å². The third-order valence-electron chi connectivity index (χ3n) is 7.16. The van der Waals surface area contributed by atoms with Crippen LogP contribution >= 0.6 is 11.3 Å². The average molecular weight is 532 g/mol. The number of pyridine rings is 1. The summed E-state index contributed by atoms with van der Waals surface area (Å²) < 4.78 is 41.3. The van der Waals surface area contributed by atoms with E-state index in [1.807, 2.05) is 30.5 Å². The zero-order chi connectivity index (χ0) is 26.6. The average Bonchev–Trinajstić information content (AvgIpc) is 3.34. The van der Waals surface area contributed by atoms with Crippen molar-refractivity contribution in [3.63, 3.8) is 0 Å². The zero-order valence-corrected chi connectivity index (χ0v) is 21.4. The molecule has 5 aromatic carbocycles. The lowest BCUT2D eigenvalue weighted by molar-refractivity contribution is -0.137. The Hall–Kier alpha value is -4.48. The molecular weight excluding hydrogens is 511 g/mol. The van der Waals surface area contributed by atoms with Crippen molar-refractivity contribution in [1.82, 2.24) is 4.98 Å². The summed E-state index contributed by atoms with van der Waals surface area (Å²) >= 11 is 1.81. The van der Waals surface area contributed by atoms with Gasteiger partial charge in [-0.3, -0.25) is 4.98 Å². The van der Waals surface area contributed by atoms with Gasteiger partial charge in [0.1, 0.15) is 0 Å². The van der Waals surface area contributed by atoms with Gasteiger partial charge in [0.05, 0.1) is 11.3 Å². The van der Waals surface area contributed by atoms with Crippen molar-refractivity contribution in [2.45, 2.75) is 6.18 Å². The first kappa shape index (κ1) is 23.6. The third-order valence-corrected chi connectivity index (χ3v) is 8.31. The molecule has 0 atom stereocenters. The van der Waals surface area contributed by atoms with E-state index in [0.29, 0.717) is 0 Å². The van der Waals surface area contributed by atoms with Gasteiger partial charge in [-0.2, -0.15) is 13.2 Å². The Labute approximate surface area is 226 Å². The first-order valence-corrected chi connectivity index (χ1v) is 13.3. The number of nitrogens with zero attached hydrogens (tertiary/aromatic N) is 1. The van der Waals surface area contributed by atoms with Crippen LogP contribution in [0.5, 0.6) is 0 Å². The summed E-state index contributed by atoms with van der Waals surface area (Å²) in [5.74, 6) is 0. The van der Waals surface area contributed by atoms with E-state index in [1.54, 1.807) is 11.3 Å². The Kier molecular flexibility index (Phi) is 5.49. The van der Waals surface area contributed by atoms with Crippen molar-refractivity contribution >= 4 is 42.3 Å². The van der Waals surface area contributed by atoms with Crippen LogP contribution in [-0.2, 0) is 6.18 Å². The molecule has 0 aliphatic heterocycles. The number of thiophene rings is 1. The normalized spacial score (nSPS) is 12.0. The van der Waals surface area contributed by atoms with Crippen LogP contribution in [0.2, 0.25) is 0 Å². The predicted octanol–water partition coefficient (Wildman–Crippen LogP) is 10.6. The Morgan fingerprint density at radius 1 is 0.513 bits per heavy atom. The molecule has 39 heavy (non-hydrogen) atoms. The number of aromatic nitrogens is 1. The van der Waals surface area contributed by atoms with Crippen LogP contribution in [0.15, 0.2) is 121 Å². The number of alkyl halides is 3. The van der Waals surface area contributed by atoms with E-state index in [4.69, 9.17) is 4.98 Å². The van der Waals surface area contributed by atoms with Crippen molar-refractivity contribution < 1.29 is 13.2 Å². The van der Waals surface area contributed by atoms with Gasteiger partial charge in [0.25, 0.3) is 0 Å². The Bertz CT molecular complexity index is 1990. The van der Waals surface area contributed by atoms with Crippen LogP contribution in [0.4, 0.5) is 13.2 Å². The number of benzene rings is 5. The summed E-state index contributed by atoms with van der Waals surface area (Å²) in [5, 5.41) is 4.61. The second-order valence-electron chi connectivity index (χ2n) is 9.59. The number of rotatable bonds is 3. The van der Waals surface area contributed by atoms with Crippen LogP contribution in [0, 0.1) is 0 Å². The molecule has 0 spiro atoms. The number of fused-ring (bicyclic) bond motifs is 4. The van der Waals surface area contributed by atoms with Gasteiger partial charge >= 0.3 is 6.18 Å². The van der Waals surface area contributed by atoms with Crippen molar-refractivity contribution in [3.05, 3.63) is 127 Å². The first-order valence-electron chi connectivity index (χ1n) is 12.5. The van der Waals surface area contributed by atoms with Crippen molar-refractivity contribution in [2.24, 2.45) is 0 Å². The van der Waals surface area contributed by atoms with Gasteiger partial charge in [-0.25, -0.2) is 0 Å². The van der Waals surface area contributed by atoms with Crippen LogP contribution in [0.1, 0.15) is 5.56 Å². The fourth-order valence-electron chi connectivity index (χ4n) is 5.08. The van der Waals surface area contributed by atoms with Crippen LogP contribution < -0.4 is 0 Å². The molecule has 2 aromatic heterocycles. The summed E-state index contributed by atoms with van der Waals surface area (Å²) in [5.41, 5.74) is 5.09. The minimum absolute atomic E-state index is 0.642. The van der Waals surface area contributed by atoms with Crippen LogP contribution in [-0.4, -0.2) is 4.98 Å². The number of hydrogen-bond acceptors (Lipinski definition) is 2. The maximum Gasteiger partial charge on any atom is 0.416 e. The lowest BCUT2D eigenvalue weighted by Crippen LogP contribution is -2.03. The third kappa shape index (κ3) is 4.35. The lowest BCUT2D eigenvalue weighted by Gasteiger charge is -2.09. The lowest BCUT2D eigenvalue weighted by atomic mass is 9.97. The zero-order valence-electron chi connectivity index (χ0n) is 20.5. The summed E-state index contributed by atoms with van der Waals surface area (Å²) in [4.78, 5) is 4.78. The van der Waals surface area contributed by atoms with Gasteiger partial charge in [-0.05, 0) is 76.0 Å². The van der Waals surface area contributed by atoms with Crippen LogP contribution in [0.3, 0.4) is 0 Å². The summed E-state index contributed by atoms with van der Waals surface area (Å²) in [6, 6.07) is 36.6. The predicted molar refractivity (Wildman–Crippen MR) is 156 cm³/mol. The highest BCUT2D eigenvalue weighted by atomic mass is 32.1. The molecule has 0 N–H and O–H groups in total. The molecule has 188 valence electrons. The van der Waals surface area contributed by atoms with Gasteiger partial charge in [-0.15, -0.1) is 11.3 Å². The second-order valence-corrected chi connectivity index (χ2v) is 10.7. The Balaban J connectivity index is 1.17. The van der Waals surface area contributed by atoms with Gasteiger partial charge in [0, 0.05) is 37.5 Å². The molecule has 5 heteroatoms. The Morgan fingerprint density at radius 2 is 1.13 bits per heavy atom. The van der Waals surface area contributed by atoms with E-state index in [-0.39, 0.29) is 0 Å². The molecule has 0 amide bonds. The molecule has 0 aliphatic carbocycles. The SMILES string of the molecule is FC(F)(F)c1ccc(-c2ccc3cc(-c4ccc(-c5ccc6sc7ccccc7c6c5)nc4)ccc3c2)cc1. The van der Waals surface area contributed by atoms with Crippen molar-refractivity contribution in [3.8, 4) is 33.5 Å². The van der Waals surface area contributed by atoms with Gasteiger partial charge in [0.2, 0.25) is 0 Å². The molecule has 0 radical (unpaired) electrons. The standard InChI is InChI=1S/C34H20F3NS/c35-34(36,37)28-13-9-21(10-14-28)22-5-6-24-18-25(8-7-23(24)17-22)27-11-15-31(38-20-27)26-12-16-33-30(19-26)29-3-1-2-4-32(29)39-33/h1-20H. The fraction of sp³-hybridized carbons (Fsp3) is 0.0294. The van der Waals surface area contributed by atoms with E-state index in [2.05, 4.69) is 66.7 Å². The molecule has 0 bridgehead atoms. The van der Waals surface area contributed by atoms with E-state index < -0.39 is 11.7 Å². The van der Waals surface area contributed by atoms with Crippen molar-refractivity contribution in [2.75, 3.05) is 0 Å². The van der Waals surface area contributed by atoms with Crippen LogP contribution in [0.25, 0.3) is 64.5 Å². The molecule has 7 aromatic rings. The first-order chi connectivity index (χ1) is 18.9. The van der Waals surface area contributed by atoms with Gasteiger partial charge < -0.3 is 0 Å². The molecule has 0 unspecified atom stereocenters. The number of hydrogen-bond donors (Lipinski definition) is 0. The van der Waals surface area contributed by atoms with Gasteiger partial charge in [-0.1, -0.05) is 66.7 Å². The largest absolute Gasteiger partial charge is 0.416 e. The van der Waals surface area contributed by atoms with Crippen molar-refractivity contribution in [1.29, 1.82) is 0 Å². The monoisotopic (exact) mass is 531 g/mol. The highest BCUT2D eigenvalue weighted by Crippen LogP contribution is 2.36. The molecule has 7 rings (SSSR count). The molecular formula is C34H20F3NS. The van der Waals surface area contributed by atoms with E-state index in [0.717, 1.165) is 56.4 Å². The molecule has 0 saturated carbocycles. The molecule has 0 aliphatic rings. The molecule has 1 nitrogen and oxygen atoms in total.